The molecule has 1 atom stereocenters. The van der Waals surface area contributed by atoms with Gasteiger partial charge in [0.05, 0.1) is 19.3 Å². The van der Waals surface area contributed by atoms with Crippen LogP contribution in [-0.2, 0) is 11.3 Å². The van der Waals surface area contributed by atoms with Crippen LogP contribution in [0.1, 0.15) is 37.8 Å². The van der Waals surface area contributed by atoms with E-state index in [0.29, 0.717) is 12.2 Å². The summed E-state index contributed by atoms with van der Waals surface area (Å²) in [6.07, 6.45) is 2.28. The molecule has 0 spiro atoms. The van der Waals surface area contributed by atoms with E-state index in [2.05, 4.69) is 18.8 Å². The number of ether oxygens (including phenoxy) is 1. The molecule has 0 saturated heterocycles. The van der Waals surface area contributed by atoms with E-state index in [0.717, 1.165) is 18.4 Å². The molecule has 1 rings (SSSR count). The summed E-state index contributed by atoms with van der Waals surface area (Å²) in [6.45, 7) is 4.83. The summed E-state index contributed by atoms with van der Waals surface area (Å²) in [4.78, 5) is 0. The Labute approximate surface area is 108 Å². The first-order valence-electron chi connectivity index (χ1n) is 6.25. The molecule has 18 heavy (non-hydrogen) atoms. The fourth-order valence-electron chi connectivity index (χ4n) is 1.69. The van der Waals surface area contributed by atoms with E-state index in [1.165, 1.54) is 12.1 Å². The highest BCUT2D eigenvalue weighted by Crippen LogP contribution is 2.12. The van der Waals surface area contributed by atoms with E-state index in [1.54, 1.807) is 0 Å². The highest BCUT2D eigenvalue weighted by atomic mass is 19.1. The van der Waals surface area contributed by atoms with Crippen LogP contribution in [0.3, 0.4) is 0 Å². The van der Waals surface area contributed by atoms with E-state index < -0.39 is 0 Å². The van der Waals surface area contributed by atoms with Crippen LogP contribution in [0.2, 0.25) is 0 Å². The quantitative estimate of drug-likeness (QED) is 0.814. The number of rotatable bonds is 5. The molecule has 0 aliphatic carbocycles. The topological polar surface area (TPSA) is 35.2 Å². The summed E-state index contributed by atoms with van der Waals surface area (Å²) in [6, 6.07) is 4.72. The largest absolute Gasteiger partial charge is 0.374 e. The Hall–Kier alpha value is -1.37. The maximum Gasteiger partial charge on any atom is 0.124 e. The van der Waals surface area contributed by atoms with Gasteiger partial charge >= 0.3 is 0 Å². The minimum absolute atomic E-state index is 0.192. The minimum atomic E-state index is -0.291. The van der Waals surface area contributed by atoms with Crippen LogP contribution >= 0.6 is 0 Å². The summed E-state index contributed by atoms with van der Waals surface area (Å²) in [7, 11) is 0. The van der Waals surface area contributed by atoms with Gasteiger partial charge in [-0.25, -0.2) is 4.39 Å². The maximum atomic E-state index is 13.4. The first kappa shape index (κ1) is 14.7. The molecule has 2 N–H and O–H groups in total. The smallest absolute Gasteiger partial charge is 0.124 e. The molecule has 0 fully saturated rings. The molecular weight excluding hydrogens is 229 g/mol. The zero-order valence-electron chi connectivity index (χ0n) is 11.0. The van der Waals surface area contributed by atoms with Gasteiger partial charge < -0.3 is 10.5 Å². The van der Waals surface area contributed by atoms with Crippen molar-refractivity contribution in [2.24, 2.45) is 5.73 Å². The lowest BCUT2D eigenvalue weighted by Gasteiger charge is -2.12. The fraction of sp³-hybridized carbons (Fsp3) is 0.467. The molecule has 2 nitrogen and oxygen atoms in total. The van der Waals surface area contributed by atoms with E-state index >= 15 is 0 Å². The number of halogens is 1. The van der Waals surface area contributed by atoms with Crippen molar-refractivity contribution >= 4 is 0 Å². The number of hydrogen-bond acceptors (Lipinski definition) is 2. The van der Waals surface area contributed by atoms with E-state index in [4.69, 9.17) is 10.5 Å². The second kappa shape index (κ2) is 7.86. The van der Waals surface area contributed by atoms with Gasteiger partial charge in [0.2, 0.25) is 0 Å². The van der Waals surface area contributed by atoms with Crippen LogP contribution in [0.5, 0.6) is 0 Å². The van der Waals surface area contributed by atoms with E-state index in [1.807, 2.05) is 13.0 Å². The van der Waals surface area contributed by atoms with Gasteiger partial charge in [0, 0.05) is 5.56 Å². The lowest BCUT2D eigenvalue weighted by molar-refractivity contribution is 0.0470. The first-order valence-corrected chi connectivity index (χ1v) is 6.25. The molecule has 0 aliphatic rings. The summed E-state index contributed by atoms with van der Waals surface area (Å²) < 4.78 is 19.0. The molecule has 0 radical (unpaired) electrons. The van der Waals surface area contributed by atoms with Crippen molar-refractivity contribution in [1.82, 2.24) is 0 Å². The second-order valence-corrected chi connectivity index (χ2v) is 4.26. The third kappa shape index (κ3) is 5.31. The van der Waals surface area contributed by atoms with Crippen LogP contribution in [0, 0.1) is 17.7 Å². The molecule has 1 aromatic rings. The van der Waals surface area contributed by atoms with Crippen molar-refractivity contribution in [3.05, 3.63) is 35.1 Å². The normalized spacial score (nSPS) is 11.8. The second-order valence-electron chi connectivity index (χ2n) is 4.26. The van der Waals surface area contributed by atoms with Gasteiger partial charge in [0.25, 0.3) is 0 Å². The van der Waals surface area contributed by atoms with Crippen molar-refractivity contribution < 1.29 is 9.13 Å². The summed E-state index contributed by atoms with van der Waals surface area (Å²) in [5.41, 5.74) is 6.74. The van der Waals surface area contributed by atoms with Crippen molar-refractivity contribution in [2.45, 2.75) is 39.4 Å². The Morgan fingerprint density at radius 3 is 2.83 bits per heavy atom. The SMILES string of the molecule is CCCC(C)OCc1cc(F)cc(C#CCN)c1. The highest BCUT2D eigenvalue weighted by molar-refractivity contribution is 5.37. The average Bonchev–Trinajstić information content (AvgIpc) is 2.34. The Kier molecular flexibility index (Phi) is 6.42. The Bertz CT molecular complexity index is 434. The average molecular weight is 249 g/mol. The Morgan fingerprint density at radius 1 is 1.39 bits per heavy atom. The third-order valence-corrected chi connectivity index (χ3v) is 2.52. The molecule has 0 aromatic heterocycles. The monoisotopic (exact) mass is 249 g/mol. The van der Waals surface area contributed by atoms with Crippen molar-refractivity contribution in [2.75, 3.05) is 6.54 Å². The van der Waals surface area contributed by atoms with Gasteiger partial charge in [-0.05, 0) is 37.1 Å². The molecule has 0 aliphatic heterocycles. The number of hydrogen-bond donors (Lipinski definition) is 1. The fourth-order valence-corrected chi connectivity index (χ4v) is 1.69. The van der Waals surface area contributed by atoms with Gasteiger partial charge in [-0.15, -0.1) is 0 Å². The van der Waals surface area contributed by atoms with Crippen LogP contribution in [0.4, 0.5) is 4.39 Å². The van der Waals surface area contributed by atoms with Gasteiger partial charge in [0.1, 0.15) is 5.82 Å². The molecule has 0 heterocycles. The highest BCUT2D eigenvalue weighted by Gasteiger charge is 2.03. The van der Waals surface area contributed by atoms with Crippen molar-refractivity contribution in [3.8, 4) is 11.8 Å². The zero-order valence-corrected chi connectivity index (χ0v) is 11.0. The molecule has 3 heteroatoms. The molecule has 0 amide bonds. The van der Waals surface area contributed by atoms with Gasteiger partial charge in [-0.3, -0.25) is 0 Å². The Balaban J connectivity index is 2.68. The lowest BCUT2D eigenvalue weighted by Crippen LogP contribution is -2.07. The molecular formula is C15H20FNO. The molecule has 0 saturated carbocycles. The summed E-state index contributed by atoms with van der Waals surface area (Å²) in [5, 5.41) is 0. The molecule has 0 bridgehead atoms. The van der Waals surface area contributed by atoms with Crippen LogP contribution in [-0.4, -0.2) is 12.6 Å². The van der Waals surface area contributed by atoms with Crippen LogP contribution < -0.4 is 5.73 Å². The van der Waals surface area contributed by atoms with Crippen LogP contribution in [0.15, 0.2) is 18.2 Å². The number of benzene rings is 1. The van der Waals surface area contributed by atoms with Gasteiger partial charge in [-0.1, -0.05) is 25.2 Å². The predicted octanol–water partition coefficient (Wildman–Crippen LogP) is 2.84. The number of nitrogens with two attached hydrogens (primary N) is 1. The molecule has 1 aromatic carbocycles. The maximum absolute atomic E-state index is 13.4. The zero-order chi connectivity index (χ0) is 13.4. The van der Waals surface area contributed by atoms with Crippen molar-refractivity contribution in [1.29, 1.82) is 0 Å². The summed E-state index contributed by atoms with van der Waals surface area (Å²) >= 11 is 0. The van der Waals surface area contributed by atoms with Gasteiger partial charge in [0.15, 0.2) is 0 Å². The van der Waals surface area contributed by atoms with Crippen molar-refractivity contribution in [3.63, 3.8) is 0 Å². The Morgan fingerprint density at radius 2 is 2.17 bits per heavy atom. The first-order chi connectivity index (χ1) is 8.65. The van der Waals surface area contributed by atoms with E-state index in [9.17, 15) is 4.39 Å². The molecule has 1 unspecified atom stereocenters. The third-order valence-electron chi connectivity index (χ3n) is 2.52. The standard InChI is InChI=1S/C15H20FNO/c1-3-5-12(2)18-11-14-8-13(6-4-7-17)9-15(16)10-14/h8-10,12H,3,5,7,11,17H2,1-2H3. The van der Waals surface area contributed by atoms with Crippen LogP contribution in [0.25, 0.3) is 0 Å². The summed E-state index contributed by atoms with van der Waals surface area (Å²) in [5.74, 6) is 5.25. The lowest BCUT2D eigenvalue weighted by atomic mass is 10.1. The van der Waals surface area contributed by atoms with Gasteiger partial charge in [-0.2, -0.15) is 0 Å². The minimum Gasteiger partial charge on any atom is -0.374 e. The predicted molar refractivity (Wildman–Crippen MR) is 71.5 cm³/mol. The van der Waals surface area contributed by atoms with E-state index in [-0.39, 0.29) is 18.5 Å². The molecule has 98 valence electrons.